The number of carbonyl (C=O) groups is 1. The molecule has 25 heavy (non-hydrogen) atoms. The highest BCUT2D eigenvalue weighted by Gasteiger charge is 2.29. The number of primary amides is 1. The van der Waals surface area contributed by atoms with Gasteiger partial charge in [-0.1, -0.05) is 48.0 Å². The largest absolute Gasteiger partial charge is 0.368 e. The molecule has 1 heterocycles. The van der Waals surface area contributed by atoms with Crippen molar-refractivity contribution in [2.24, 2.45) is 5.73 Å². The lowest BCUT2D eigenvalue weighted by Crippen LogP contribution is -2.50. The predicted octanol–water partition coefficient (Wildman–Crippen LogP) is 2.82. The second-order valence-corrected chi connectivity index (χ2v) is 6.64. The van der Waals surface area contributed by atoms with Gasteiger partial charge in [-0.3, -0.25) is 14.6 Å². The fourth-order valence-corrected chi connectivity index (χ4v) is 3.50. The van der Waals surface area contributed by atoms with Crippen LogP contribution in [0, 0.1) is 5.82 Å². The predicted molar refractivity (Wildman–Crippen MR) is 96.6 cm³/mol. The number of nitrogens with two attached hydrogens (primary N) is 1. The minimum atomic E-state index is -0.430. The van der Waals surface area contributed by atoms with Crippen molar-refractivity contribution in [1.29, 1.82) is 0 Å². The fraction of sp³-hybridized carbons (Fsp3) is 0.316. The quantitative estimate of drug-likeness (QED) is 0.891. The van der Waals surface area contributed by atoms with E-state index in [1.807, 2.05) is 30.3 Å². The van der Waals surface area contributed by atoms with E-state index in [-0.39, 0.29) is 11.7 Å². The van der Waals surface area contributed by atoms with Crippen molar-refractivity contribution in [3.05, 3.63) is 70.5 Å². The Morgan fingerprint density at radius 1 is 1.08 bits per heavy atom. The van der Waals surface area contributed by atoms with Gasteiger partial charge in [0.05, 0.1) is 0 Å². The zero-order valence-corrected chi connectivity index (χ0v) is 14.6. The number of hydrogen-bond donors (Lipinski definition) is 1. The van der Waals surface area contributed by atoms with Gasteiger partial charge >= 0.3 is 0 Å². The molecule has 0 aromatic heterocycles. The summed E-state index contributed by atoms with van der Waals surface area (Å²) >= 11 is 6.11. The maximum Gasteiger partial charge on any atom is 0.239 e. The van der Waals surface area contributed by atoms with Crippen molar-refractivity contribution in [3.8, 4) is 0 Å². The lowest BCUT2D eigenvalue weighted by atomic mass is 10.0. The molecule has 0 radical (unpaired) electrons. The first kappa shape index (κ1) is 17.9. The summed E-state index contributed by atoms with van der Waals surface area (Å²) in [4.78, 5) is 16.2. The first-order chi connectivity index (χ1) is 12.1. The molecule has 1 aliphatic heterocycles. The fourth-order valence-electron chi connectivity index (χ4n) is 3.28. The molecule has 1 amide bonds. The van der Waals surface area contributed by atoms with Crippen LogP contribution in [0.2, 0.25) is 5.02 Å². The van der Waals surface area contributed by atoms with E-state index in [9.17, 15) is 9.18 Å². The SMILES string of the molecule is NC(=O)[C@H](c1ccccc1)N1CCN(Cc2c(F)cccc2Cl)CC1. The molecule has 2 N–H and O–H groups in total. The summed E-state index contributed by atoms with van der Waals surface area (Å²) < 4.78 is 14.0. The summed E-state index contributed by atoms with van der Waals surface area (Å²) in [6.45, 7) is 3.29. The van der Waals surface area contributed by atoms with Crippen LogP contribution in [-0.4, -0.2) is 41.9 Å². The van der Waals surface area contributed by atoms with Crippen molar-refractivity contribution in [2.75, 3.05) is 26.2 Å². The third-order valence-corrected chi connectivity index (χ3v) is 4.95. The second-order valence-electron chi connectivity index (χ2n) is 6.23. The molecule has 2 aromatic carbocycles. The molecule has 0 saturated carbocycles. The number of halogens is 2. The lowest BCUT2D eigenvalue weighted by molar-refractivity contribution is -0.124. The van der Waals surface area contributed by atoms with Crippen LogP contribution in [-0.2, 0) is 11.3 Å². The zero-order chi connectivity index (χ0) is 17.8. The molecule has 4 nitrogen and oxygen atoms in total. The van der Waals surface area contributed by atoms with Crippen LogP contribution in [0.25, 0.3) is 0 Å². The Kier molecular flexibility index (Phi) is 5.68. The Morgan fingerprint density at radius 3 is 2.36 bits per heavy atom. The van der Waals surface area contributed by atoms with Gasteiger partial charge < -0.3 is 5.73 Å². The van der Waals surface area contributed by atoms with Crippen molar-refractivity contribution in [1.82, 2.24) is 9.80 Å². The highest BCUT2D eigenvalue weighted by atomic mass is 35.5. The van der Waals surface area contributed by atoms with Crippen LogP contribution in [0.15, 0.2) is 48.5 Å². The van der Waals surface area contributed by atoms with E-state index < -0.39 is 6.04 Å². The average Bonchev–Trinajstić information content (AvgIpc) is 2.60. The summed E-state index contributed by atoms with van der Waals surface area (Å²) in [6, 6.07) is 13.9. The van der Waals surface area contributed by atoms with E-state index in [0.717, 1.165) is 18.7 Å². The number of rotatable bonds is 5. The third-order valence-electron chi connectivity index (χ3n) is 4.60. The summed E-state index contributed by atoms with van der Waals surface area (Å²) in [7, 11) is 0. The van der Waals surface area contributed by atoms with Gasteiger partial charge in [0.25, 0.3) is 0 Å². The molecule has 1 aliphatic rings. The molecule has 0 unspecified atom stereocenters. The van der Waals surface area contributed by atoms with Crippen LogP contribution < -0.4 is 5.73 Å². The van der Waals surface area contributed by atoms with Gasteiger partial charge in [-0.25, -0.2) is 4.39 Å². The summed E-state index contributed by atoms with van der Waals surface area (Å²) in [5.41, 5.74) is 7.06. The van der Waals surface area contributed by atoms with Crippen molar-refractivity contribution >= 4 is 17.5 Å². The molecule has 3 rings (SSSR count). The van der Waals surface area contributed by atoms with Crippen LogP contribution in [0.5, 0.6) is 0 Å². The van der Waals surface area contributed by atoms with Gasteiger partial charge in [0, 0.05) is 43.3 Å². The standard InChI is InChI=1S/C19H21ClFN3O/c20-16-7-4-8-17(21)15(16)13-23-9-11-24(12-10-23)18(19(22)25)14-5-2-1-3-6-14/h1-8,18H,9-13H2,(H2,22,25)/t18-/m0/s1. The Labute approximate surface area is 152 Å². The maximum absolute atomic E-state index is 14.0. The first-order valence-electron chi connectivity index (χ1n) is 8.30. The topological polar surface area (TPSA) is 49.6 Å². The normalized spacial score (nSPS) is 17.4. The highest BCUT2D eigenvalue weighted by molar-refractivity contribution is 6.31. The molecule has 132 valence electrons. The molecule has 0 bridgehead atoms. The van der Waals surface area contributed by atoms with Crippen LogP contribution in [0.1, 0.15) is 17.2 Å². The van der Waals surface area contributed by atoms with Crippen LogP contribution in [0.4, 0.5) is 4.39 Å². The summed E-state index contributed by atoms with van der Waals surface area (Å²) in [6.07, 6.45) is 0. The molecule has 0 spiro atoms. The zero-order valence-electron chi connectivity index (χ0n) is 13.9. The molecule has 2 aromatic rings. The van der Waals surface area contributed by atoms with E-state index in [1.165, 1.54) is 6.07 Å². The molecule has 1 fully saturated rings. The number of hydrogen-bond acceptors (Lipinski definition) is 3. The number of benzene rings is 2. The maximum atomic E-state index is 14.0. The molecular weight excluding hydrogens is 341 g/mol. The first-order valence-corrected chi connectivity index (χ1v) is 8.67. The Morgan fingerprint density at radius 2 is 1.76 bits per heavy atom. The Bertz CT molecular complexity index is 712. The minimum Gasteiger partial charge on any atom is -0.368 e. The number of piperazine rings is 1. The van der Waals surface area contributed by atoms with E-state index >= 15 is 0 Å². The molecular formula is C19H21ClFN3O. The smallest absolute Gasteiger partial charge is 0.239 e. The van der Waals surface area contributed by atoms with Crippen molar-refractivity contribution in [3.63, 3.8) is 0 Å². The van der Waals surface area contributed by atoms with Crippen molar-refractivity contribution < 1.29 is 9.18 Å². The van der Waals surface area contributed by atoms with Crippen molar-refractivity contribution in [2.45, 2.75) is 12.6 Å². The van der Waals surface area contributed by atoms with Crippen LogP contribution in [0.3, 0.4) is 0 Å². The average molecular weight is 362 g/mol. The van der Waals surface area contributed by atoms with Gasteiger partial charge in [-0.2, -0.15) is 0 Å². The number of nitrogens with zero attached hydrogens (tertiary/aromatic N) is 2. The number of amides is 1. The third kappa shape index (κ3) is 4.18. The highest BCUT2D eigenvalue weighted by Crippen LogP contribution is 2.24. The Balaban J connectivity index is 1.66. The summed E-state index contributed by atoms with van der Waals surface area (Å²) in [5, 5.41) is 0.446. The second kappa shape index (κ2) is 7.95. The molecule has 6 heteroatoms. The van der Waals surface area contributed by atoms with E-state index in [2.05, 4.69) is 9.80 Å². The van der Waals surface area contributed by atoms with E-state index in [4.69, 9.17) is 17.3 Å². The van der Waals surface area contributed by atoms with Gasteiger partial charge in [0.1, 0.15) is 11.9 Å². The van der Waals surface area contributed by atoms with Gasteiger partial charge in [-0.15, -0.1) is 0 Å². The number of carbonyl (C=O) groups excluding carboxylic acids is 1. The monoisotopic (exact) mass is 361 g/mol. The summed E-state index contributed by atoms with van der Waals surface area (Å²) in [5.74, 6) is -0.633. The van der Waals surface area contributed by atoms with E-state index in [0.29, 0.717) is 30.2 Å². The van der Waals surface area contributed by atoms with Crippen LogP contribution >= 0.6 is 11.6 Å². The van der Waals surface area contributed by atoms with Gasteiger partial charge in [-0.05, 0) is 17.7 Å². The van der Waals surface area contributed by atoms with Gasteiger partial charge in [0.15, 0.2) is 0 Å². The molecule has 1 saturated heterocycles. The lowest BCUT2D eigenvalue weighted by Gasteiger charge is -2.38. The van der Waals surface area contributed by atoms with E-state index in [1.54, 1.807) is 12.1 Å². The Hall–Kier alpha value is -1.95. The molecule has 1 atom stereocenters. The molecule has 0 aliphatic carbocycles. The van der Waals surface area contributed by atoms with Gasteiger partial charge in [0.2, 0.25) is 5.91 Å². The minimum absolute atomic E-state index is 0.283.